The highest BCUT2D eigenvalue weighted by Crippen LogP contribution is 2.21. The summed E-state index contributed by atoms with van der Waals surface area (Å²) in [5.74, 6) is -0.940. The number of hydrogen-bond donors (Lipinski definition) is 1. The molecule has 102 valence electrons. The first-order valence-electron chi connectivity index (χ1n) is 6.24. The van der Waals surface area contributed by atoms with Gasteiger partial charge in [0.2, 0.25) is 0 Å². The van der Waals surface area contributed by atoms with Crippen LogP contribution in [0.3, 0.4) is 0 Å². The molecule has 0 saturated heterocycles. The maximum Gasteiger partial charge on any atom is 0.335 e. The van der Waals surface area contributed by atoms with Gasteiger partial charge in [-0.3, -0.25) is 0 Å². The lowest BCUT2D eigenvalue weighted by molar-refractivity contribution is 0.0697. The molecule has 1 aromatic carbocycles. The van der Waals surface area contributed by atoms with Crippen LogP contribution in [-0.4, -0.2) is 26.1 Å². The first-order valence-corrected chi connectivity index (χ1v) is 7.19. The number of nitrogens with zero attached hydrogens (tertiary/aromatic N) is 3. The zero-order chi connectivity index (χ0) is 14.1. The molecule has 0 amide bonds. The van der Waals surface area contributed by atoms with Crippen molar-refractivity contribution in [3.8, 4) is 0 Å². The summed E-state index contributed by atoms with van der Waals surface area (Å²) in [6, 6.07) is 7.08. The average molecular weight is 287 g/mol. The molecular formula is C14H13N3O2S. The van der Waals surface area contributed by atoms with Crippen LogP contribution in [0.25, 0.3) is 11.0 Å². The quantitative estimate of drug-likeness (QED) is 0.801. The van der Waals surface area contributed by atoms with Crippen LogP contribution in [0.5, 0.6) is 0 Å². The Morgan fingerprint density at radius 1 is 1.45 bits per heavy atom. The van der Waals surface area contributed by atoms with E-state index in [1.807, 2.05) is 5.38 Å². The molecule has 1 atom stereocenters. The van der Waals surface area contributed by atoms with Gasteiger partial charge in [0, 0.05) is 0 Å². The van der Waals surface area contributed by atoms with E-state index in [1.165, 1.54) is 5.56 Å². The van der Waals surface area contributed by atoms with E-state index < -0.39 is 5.97 Å². The normalized spacial score (nSPS) is 12.7. The van der Waals surface area contributed by atoms with Crippen molar-refractivity contribution in [3.05, 3.63) is 46.2 Å². The average Bonchev–Trinajstić information content (AvgIpc) is 3.06. The van der Waals surface area contributed by atoms with E-state index in [9.17, 15) is 4.79 Å². The number of aromatic carboxylic acids is 1. The van der Waals surface area contributed by atoms with Crippen molar-refractivity contribution in [2.45, 2.75) is 19.4 Å². The number of aromatic nitrogens is 3. The Morgan fingerprint density at radius 2 is 2.30 bits per heavy atom. The van der Waals surface area contributed by atoms with E-state index in [1.54, 1.807) is 34.2 Å². The van der Waals surface area contributed by atoms with Crippen LogP contribution in [-0.2, 0) is 6.42 Å². The van der Waals surface area contributed by atoms with Gasteiger partial charge in [0.15, 0.2) is 0 Å². The fourth-order valence-corrected chi connectivity index (χ4v) is 2.91. The zero-order valence-corrected chi connectivity index (χ0v) is 11.7. The van der Waals surface area contributed by atoms with Crippen molar-refractivity contribution in [2.75, 3.05) is 0 Å². The van der Waals surface area contributed by atoms with E-state index in [2.05, 4.69) is 28.7 Å². The first kappa shape index (κ1) is 12.8. The van der Waals surface area contributed by atoms with Crippen molar-refractivity contribution in [2.24, 2.45) is 0 Å². The summed E-state index contributed by atoms with van der Waals surface area (Å²) in [7, 11) is 0. The molecule has 1 unspecified atom stereocenters. The third-order valence-corrected chi connectivity index (χ3v) is 3.98. The molecule has 0 aliphatic rings. The SMILES string of the molecule is CC(Cc1ccsc1)n1nnc2ccc(C(=O)O)cc21. The Balaban J connectivity index is 1.98. The van der Waals surface area contributed by atoms with Crippen LogP contribution in [0.2, 0.25) is 0 Å². The predicted octanol–water partition coefficient (Wildman–Crippen LogP) is 2.99. The highest BCUT2D eigenvalue weighted by atomic mass is 32.1. The van der Waals surface area contributed by atoms with E-state index in [0.717, 1.165) is 11.9 Å². The molecule has 1 N–H and O–H groups in total. The molecule has 0 aliphatic carbocycles. The minimum Gasteiger partial charge on any atom is -0.478 e. The number of hydrogen-bond acceptors (Lipinski definition) is 4. The molecule has 3 rings (SSSR count). The van der Waals surface area contributed by atoms with Gasteiger partial charge in [-0.05, 0) is 53.9 Å². The van der Waals surface area contributed by atoms with Crippen molar-refractivity contribution < 1.29 is 9.90 Å². The molecule has 2 heterocycles. The maximum atomic E-state index is 11.1. The zero-order valence-electron chi connectivity index (χ0n) is 10.9. The summed E-state index contributed by atoms with van der Waals surface area (Å²) in [6.45, 7) is 2.05. The number of rotatable bonds is 4. The summed E-state index contributed by atoms with van der Waals surface area (Å²) >= 11 is 1.67. The Hall–Kier alpha value is -2.21. The minimum atomic E-state index is -0.940. The number of fused-ring (bicyclic) bond motifs is 1. The van der Waals surface area contributed by atoms with E-state index in [-0.39, 0.29) is 11.6 Å². The molecule has 0 radical (unpaired) electrons. The lowest BCUT2D eigenvalue weighted by Gasteiger charge is -2.11. The summed E-state index contributed by atoms with van der Waals surface area (Å²) < 4.78 is 1.79. The minimum absolute atomic E-state index is 0.124. The van der Waals surface area contributed by atoms with Crippen LogP contribution < -0.4 is 0 Å². The lowest BCUT2D eigenvalue weighted by atomic mass is 10.1. The molecule has 20 heavy (non-hydrogen) atoms. The molecule has 5 nitrogen and oxygen atoms in total. The van der Waals surface area contributed by atoms with Crippen LogP contribution in [0.1, 0.15) is 28.9 Å². The third kappa shape index (κ3) is 2.30. The van der Waals surface area contributed by atoms with Gasteiger partial charge in [-0.2, -0.15) is 11.3 Å². The standard InChI is InChI=1S/C14H13N3O2S/c1-9(6-10-4-5-20-8-10)17-13-7-11(14(18)19)2-3-12(13)15-16-17/h2-5,7-9H,6H2,1H3,(H,18,19). The Morgan fingerprint density at radius 3 is 3.00 bits per heavy atom. The summed E-state index contributed by atoms with van der Waals surface area (Å²) in [5.41, 5.74) is 2.98. The highest BCUT2D eigenvalue weighted by Gasteiger charge is 2.14. The molecule has 0 bridgehead atoms. The third-order valence-electron chi connectivity index (χ3n) is 3.25. The molecular weight excluding hydrogens is 274 g/mol. The van der Waals surface area contributed by atoms with Gasteiger partial charge in [0.1, 0.15) is 5.52 Å². The van der Waals surface area contributed by atoms with E-state index in [0.29, 0.717) is 5.52 Å². The summed E-state index contributed by atoms with van der Waals surface area (Å²) in [5, 5.41) is 21.5. The fourth-order valence-electron chi connectivity index (χ4n) is 2.23. The van der Waals surface area contributed by atoms with Crippen LogP contribution in [0.4, 0.5) is 0 Å². The van der Waals surface area contributed by atoms with Gasteiger partial charge in [0.05, 0.1) is 17.1 Å². The molecule has 0 spiro atoms. The Kier molecular flexibility index (Phi) is 3.23. The van der Waals surface area contributed by atoms with Crippen LogP contribution in [0.15, 0.2) is 35.0 Å². The molecule has 6 heteroatoms. The van der Waals surface area contributed by atoms with Crippen LogP contribution >= 0.6 is 11.3 Å². The maximum absolute atomic E-state index is 11.1. The van der Waals surface area contributed by atoms with Gasteiger partial charge in [0.25, 0.3) is 0 Å². The molecule has 2 aromatic heterocycles. The Bertz CT molecular complexity index is 749. The predicted molar refractivity (Wildman–Crippen MR) is 77.2 cm³/mol. The molecule has 0 saturated carbocycles. The smallest absolute Gasteiger partial charge is 0.335 e. The molecule has 0 aliphatic heterocycles. The van der Waals surface area contributed by atoms with Crippen molar-refractivity contribution in [1.29, 1.82) is 0 Å². The van der Waals surface area contributed by atoms with E-state index >= 15 is 0 Å². The van der Waals surface area contributed by atoms with Gasteiger partial charge in [-0.15, -0.1) is 5.10 Å². The van der Waals surface area contributed by atoms with Gasteiger partial charge in [-0.1, -0.05) is 5.21 Å². The Labute approximate surface area is 119 Å². The second kappa shape index (κ2) is 5.05. The number of benzene rings is 1. The molecule has 0 fully saturated rings. The molecule has 3 aromatic rings. The van der Waals surface area contributed by atoms with Gasteiger partial charge >= 0.3 is 5.97 Å². The van der Waals surface area contributed by atoms with Crippen molar-refractivity contribution >= 4 is 28.3 Å². The van der Waals surface area contributed by atoms with Gasteiger partial charge in [-0.25, -0.2) is 9.48 Å². The monoisotopic (exact) mass is 287 g/mol. The topological polar surface area (TPSA) is 68.0 Å². The fraction of sp³-hybridized carbons (Fsp3) is 0.214. The number of carboxylic acid groups (broad SMARTS) is 1. The van der Waals surface area contributed by atoms with E-state index in [4.69, 9.17) is 5.11 Å². The first-order chi connectivity index (χ1) is 9.65. The number of carbonyl (C=O) groups is 1. The lowest BCUT2D eigenvalue weighted by Crippen LogP contribution is -2.10. The summed E-state index contributed by atoms with van der Waals surface area (Å²) in [4.78, 5) is 11.1. The van der Waals surface area contributed by atoms with Gasteiger partial charge < -0.3 is 5.11 Å². The second-order valence-electron chi connectivity index (χ2n) is 4.73. The number of thiophene rings is 1. The largest absolute Gasteiger partial charge is 0.478 e. The van der Waals surface area contributed by atoms with Crippen LogP contribution in [0, 0.1) is 0 Å². The van der Waals surface area contributed by atoms with Crippen molar-refractivity contribution in [3.63, 3.8) is 0 Å². The number of carboxylic acids is 1. The highest BCUT2D eigenvalue weighted by molar-refractivity contribution is 7.07. The second-order valence-corrected chi connectivity index (χ2v) is 5.51. The summed E-state index contributed by atoms with van der Waals surface area (Å²) in [6.07, 6.45) is 0.846. The van der Waals surface area contributed by atoms with Crippen molar-refractivity contribution in [1.82, 2.24) is 15.0 Å².